The Bertz CT molecular complexity index is 1170. The van der Waals surface area contributed by atoms with Crippen molar-refractivity contribution in [3.05, 3.63) is 132 Å². The molecule has 0 fully saturated rings. The number of benzene rings is 4. The van der Waals surface area contributed by atoms with Crippen LogP contribution in [0.3, 0.4) is 0 Å². The van der Waals surface area contributed by atoms with E-state index in [1.54, 1.807) is 0 Å². The van der Waals surface area contributed by atoms with Crippen molar-refractivity contribution in [3.63, 3.8) is 0 Å². The Balaban J connectivity index is 1.82. The Morgan fingerprint density at radius 1 is 0.514 bits per heavy atom. The molecule has 188 valence electrons. The van der Waals surface area contributed by atoms with Gasteiger partial charge in [0.2, 0.25) is 0 Å². The van der Waals surface area contributed by atoms with Crippen molar-refractivity contribution >= 4 is 30.4 Å². The van der Waals surface area contributed by atoms with E-state index in [4.69, 9.17) is 0 Å². The van der Waals surface area contributed by atoms with Crippen molar-refractivity contribution in [2.45, 2.75) is 24.9 Å². The summed E-state index contributed by atoms with van der Waals surface area (Å²) in [5.74, 6) is -2.97. The maximum absolute atomic E-state index is 12.7. The van der Waals surface area contributed by atoms with Crippen LogP contribution in [0, 0.1) is 11.8 Å². The normalized spacial score (nSPS) is 13.0. The predicted octanol–water partition coefficient (Wildman–Crippen LogP) is 5.14. The lowest BCUT2D eigenvalue weighted by molar-refractivity contribution is -0.141. The monoisotopic (exact) mass is 508 g/mol. The molecule has 0 spiro atoms. The molecule has 0 bridgehead atoms. The van der Waals surface area contributed by atoms with E-state index in [2.05, 4.69) is 24.3 Å². The number of hydrogen-bond acceptors (Lipinski definition) is 2. The molecule has 0 unspecified atom stereocenters. The van der Waals surface area contributed by atoms with Crippen LogP contribution in [0.1, 0.15) is 11.1 Å². The first-order valence-corrected chi connectivity index (χ1v) is 15.0. The fourth-order valence-electron chi connectivity index (χ4n) is 5.37. The van der Waals surface area contributed by atoms with Gasteiger partial charge < -0.3 is 10.2 Å². The third kappa shape index (κ3) is 6.63. The Hall–Kier alpha value is -3.96. The molecule has 4 aromatic rings. The van der Waals surface area contributed by atoms with Crippen LogP contribution in [0.2, 0.25) is 12.1 Å². The summed E-state index contributed by atoms with van der Waals surface area (Å²) in [4.78, 5) is 25.3. The SMILES string of the molecule is O=C(O)[C@H](Cc1ccccc1)C[Si](C[C@@H](Cc1ccccc1)C(=O)O)(c1ccccc1)c1ccccc1. The van der Waals surface area contributed by atoms with Gasteiger partial charge in [-0.05, 0) is 36.1 Å². The number of hydrogen-bond donors (Lipinski definition) is 2. The van der Waals surface area contributed by atoms with E-state index < -0.39 is 31.8 Å². The molecule has 0 saturated carbocycles. The van der Waals surface area contributed by atoms with Crippen LogP contribution in [0.15, 0.2) is 121 Å². The molecule has 0 aromatic heterocycles. The summed E-state index contributed by atoms with van der Waals surface area (Å²) in [7, 11) is -2.87. The smallest absolute Gasteiger partial charge is 0.306 e. The van der Waals surface area contributed by atoms with Crippen molar-refractivity contribution in [2.24, 2.45) is 11.8 Å². The van der Waals surface area contributed by atoms with Gasteiger partial charge in [-0.25, -0.2) is 0 Å². The Labute approximate surface area is 219 Å². The first-order chi connectivity index (χ1) is 18.0. The highest BCUT2D eigenvalue weighted by Crippen LogP contribution is 2.30. The minimum atomic E-state index is -2.87. The summed E-state index contributed by atoms with van der Waals surface area (Å²) in [6, 6.07) is 40.2. The fourth-order valence-corrected chi connectivity index (χ4v) is 10.8. The lowest BCUT2D eigenvalue weighted by Gasteiger charge is -2.37. The van der Waals surface area contributed by atoms with Crippen molar-refractivity contribution in [1.82, 2.24) is 0 Å². The third-order valence-electron chi connectivity index (χ3n) is 7.19. The van der Waals surface area contributed by atoms with Crippen LogP contribution < -0.4 is 10.4 Å². The average molecular weight is 509 g/mol. The summed E-state index contributed by atoms with van der Waals surface area (Å²) >= 11 is 0. The van der Waals surface area contributed by atoms with Crippen LogP contribution in [0.4, 0.5) is 0 Å². The van der Waals surface area contributed by atoms with E-state index in [0.717, 1.165) is 21.5 Å². The van der Waals surface area contributed by atoms with E-state index in [1.165, 1.54) is 0 Å². The van der Waals surface area contributed by atoms with E-state index in [9.17, 15) is 19.8 Å². The molecule has 2 atom stereocenters. The molecule has 0 heterocycles. The van der Waals surface area contributed by atoms with Crippen molar-refractivity contribution in [2.75, 3.05) is 0 Å². The van der Waals surface area contributed by atoms with E-state index in [0.29, 0.717) is 24.9 Å². The molecule has 2 N–H and O–H groups in total. The highest BCUT2D eigenvalue weighted by Gasteiger charge is 2.44. The fraction of sp³-hybridized carbons (Fsp3) is 0.188. The lowest BCUT2D eigenvalue weighted by Crippen LogP contribution is -2.61. The van der Waals surface area contributed by atoms with Gasteiger partial charge >= 0.3 is 11.9 Å². The topological polar surface area (TPSA) is 74.6 Å². The molecule has 4 aromatic carbocycles. The van der Waals surface area contributed by atoms with Crippen LogP contribution >= 0.6 is 0 Å². The van der Waals surface area contributed by atoms with Gasteiger partial charge in [0.15, 0.2) is 0 Å². The van der Waals surface area contributed by atoms with Crippen molar-refractivity contribution in [3.8, 4) is 0 Å². The van der Waals surface area contributed by atoms with Crippen LogP contribution in [-0.2, 0) is 22.4 Å². The van der Waals surface area contributed by atoms with Crippen LogP contribution in [0.5, 0.6) is 0 Å². The molecule has 5 heteroatoms. The van der Waals surface area contributed by atoms with Gasteiger partial charge in [-0.2, -0.15) is 0 Å². The Morgan fingerprint density at radius 2 is 0.811 bits per heavy atom. The largest absolute Gasteiger partial charge is 0.481 e. The zero-order chi connectivity index (χ0) is 26.1. The molecule has 4 rings (SSSR count). The number of rotatable bonds is 12. The molecule has 0 aliphatic carbocycles. The molecule has 0 saturated heterocycles. The highest BCUT2D eigenvalue weighted by atomic mass is 28.3. The highest BCUT2D eigenvalue weighted by molar-refractivity contribution is 7.02. The Morgan fingerprint density at radius 3 is 1.11 bits per heavy atom. The van der Waals surface area contributed by atoms with E-state index in [1.807, 2.05) is 97.1 Å². The lowest BCUT2D eigenvalue weighted by atomic mass is 10.0. The summed E-state index contributed by atoms with van der Waals surface area (Å²) in [5.41, 5.74) is 1.94. The molecule has 4 nitrogen and oxygen atoms in total. The molecule has 0 aliphatic rings. The van der Waals surface area contributed by atoms with Crippen LogP contribution in [0.25, 0.3) is 0 Å². The molecule has 37 heavy (non-hydrogen) atoms. The van der Waals surface area contributed by atoms with E-state index in [-0.39, 0.29) is 0 Å². The van der Waals surface area contributed by atoms with Gasteiger partial charge in [0.25, 0.3) is 0 Å². The van der Waals surface area contributed by atoms with Gasteiger partial charge in [-0.3, -0.25) is 9.59 Å². The van der Waals surface area contributed by atoms with Crippen molar-refractivity contribution in [1.29, 1.82) is 0 Å². The van der Waals surface area contributed by atoms with Gasteiger partial charge in [-0.15, -0.1) is 0 Å². The van der Waals surface area contributed by atoms with Crippen molar-refractivity contribution < 1.29 is 19.8 Å². The number of carbonyl (C=O) groups is 2. The second-order valence-corrected chi connectivity index (χ2v) is 13.8. The Kier molecular flexibility index (Phi) is 8.70. The predicted molar refractivity (Wildman–Crippen MR) is 150 cm³/mol. The standard InChI is InChI=1S/C32H32O4Si/c33-31(34)27(21-25-13-5-1-6-14-25)23-37(29-17-9-3-10-18-29,30-19-11-4-12-20-30)24-28(32(35)36)22-26-15-7-2-8-16-26/h1-20,27-28H,21-24H2,(H,33,34)(H,35,36)/t27-,28-/m1/s1. The molecular weight excluding hydrogens is 476 g/mol. The second-order valence-electron chi connectivity index (χ2n) is 9.67. The number of carboxylic acid groups (broad SMARTS) is 2. The second kappa shape index (κ2) is 12.3. The van der Waals surface area contributed by atoms with Gasteiger partial charge in [0.1, 0.15) is 8.07 Å². The first kappa shape index (κ1) is 26.1. The van der Waals surface area contributed by atoms with E-state index >= 15 is 0 Å². The number of aliphatic carboxylic acids is 2. The van der Waals surface area contributed by atoms with Gasteiger partial charge in [0, 0.05) is 0 Å². The summed E-state index contributed by atoms with van der Waals surface area (Å²) in [6.07, 6.45) is 0.808. The summed E-state index contributed by atoms with van der Waals surface area (Å²) in [5, 5.41) is 22.9. The number of carboxylic acids is 2. The van der Waals surface area contributed by atoms with Gasteiger partial charge in [0.05, 0.1) is 11.8 Å². The minimum absolute atomic E-state index is 0.404. The average Bonchev–Trinajstić information content (AvgIpc) is 2.93. The quantitative estimate of drug-likeness (QED) is 0.260. The molecule has 0 radical (unpaired) electrons. The first-order valence-electron chi connectivity index (χ1n) is 12.6. The summed E-state index contributed by atoms with van der Waals surface area (Å²) < 4.78 is 0. The zero-order valence-electron chi connectivity index (χ0n) is 20.7. The molecule has 0 amide bonds. The molecule has 0 aliphatic heterocycles. The maximum atomic E-state index is 12.7. The third-order valence-corrected chi connectivity index (χ3v) is 12.4. The molecular formula is C32H32O4Si. The maximum Gasteiger partial charge on any atom is 0.306 e. The van der Waals surface area contributed by atoms with Crippen LogP contribution in [-0.4, -0.2) is 30.2 Å². The zero-order valence-corrected chi connectivity index (χ0v) is 21.7. The van der Waals surface area contributed by atoms with Gasteiger partial charge in [-0.1, -0.05) is 132 Å². The summed E-state index contributed by atoms with van der Waals surface area (Å²) in [6.45, 7) is 0. The minimum Gasteiger partial charge on any atom is -0.481 e.